The number of aromatic nitrogens is 1. The van der Waals surface area contributed by atoms with Crippen molar-refractivity contribution in [3.63, 3.8) is 0 Å². The molecule has 0 aliphatic rings. The molecular weight excluding hydrogens is 472 g/mol. The summed E-state index contributed by atoms with van der Waals surface area (Å²) >= 11 is 0. The van der Waals surface area contributed by atoms with Crippen LogP contribution in [-0.2, 0) is 0 Å². The van der Waals surface area contributed by atoms with Crippen molar-refractivity contribution in [1.82, 2.24) is 9.88 Å². The molecule has 0 radical (unpaired) electrons. The Labute approximate surface area is 223 Å². The third-order valence-electron chi connectivity index (χ3n) is 6.73. The van der Waals surface area contributed by atoms with Crippen molar-refractivity contribution in [2.45, 2.75) is 13.0 Å². The lowest BCUT2D eigenvalue weighted by molar-refractivity contribution is 0.0942. The van der Waals surface area contributed by atoms with Crippen LogP contribution in [0.2, 0.25) is 0 Å². The Hall–Kier alpha value is -4.77. The standard InChI is InChI=1S/C33H30N2O3/c1-23-28(33(36)34-32(25-15-9-5-10-16-25)26-17-11-6-12-18-26)22-29(24-13-7-4-8-14-24)35(23)30-21-27(37-2)19-20-31(30)38-3/h4-22,32H,1-3H3,(H,34,36). The number of carbonyl (C=O) groups is 1. The Morgan fingerprint density at radius 2 is 1.32 bits per heavy atom. The van der Waals surface area contributed by atoms with Gasteiger partial charge in [-0.1, -0.05) is 91.0 Å². The van der Waals surface area contributed by atoms with Crippen LogP contribution in [0.4, 0.5) is 0 Å². The molecule has 5 rings (SSSR count). The quantitative estimate of drug-likeness (QED) is 0.249. The molecule has 1 heterocycles. The Kier molecular flexibility index (Phi) is 7.27. The average molecular weight is 503 g/mol. The molecule has 1 amide bonds. The van der Waals surface area contributed by atoms with Gasteiger partial charge in [0.25, 0.3) is 5.91 Å². The lowest BCUT2D eigenvalue weighted by Gasteiger charge is -2.20. The van der Waals surface area contributed by atoms with E-state index in [9.17, 15) is 4.79 Å². The highest BCUT2D eigenvalue weighted by Gasteiger charge is 2.24. The zero-order valence-electron chi connectivity index (χ0n) is 21.7. The molecule has 5 aromatic rings. The van der Waals surface area contributed by atoms with Crippen LogP contribution in [0.5, 0.6) is 11.5 Å². The van der Waals surface area contributed by atoms with Crippen LogP contribution in [0.1, 0.15) is 33.2 Å². The molecule has 5 nitrogen and oxygen atoms in total. The van der Waals surface area contributed by atoms with E-state index < -0.39 is 0 Å². The van der Waals surface area contributed by atoms with E-state index in [4.69, 9.17) is 9.47 Å². The summed E-state index contributed by atoms with van der Waals surface area (Å²) in [5.74, 6) is 1.23. The highest BCUT2D eigenvalue weighted by Crippen LogP contribution is 2.36. The Bertz CT molecular complexity index is 1490. The lowest BCUT2D eigenvalue weighted by atomic mass is 9.98. The van der Waals surface area contributed by atoms with Crippen molar-refractivity contribution < 1.29 is 14.3 Å². The Balaban J connectivity index is 1.63. The van der Waals surface area contributed by atoms with Gasteiger partial charge in [0.2, 0.25) is 0 Å². The van der Waals surface area contributed by atoms with Crippen LogP contribution >= 0.6 is 0 Å². The Morgan fingerprint density at radius 1 is 0.737 bits per heavy atom. The first kappa shape index (κ1) is 24.9. The van der Waals surface area contributed by atoms with Crippen molar-refractivity contribution in [3.8, 4) is 28.4 Å². The van der Waals surface area contributed by atoms with E-state index in [2.05, 4.69) is 9.88 Å². The molecule has 0 saturated carbocycles. The number of ether oxygens (including phenoxy) is 2. The van der Waals surface area contributed by atoms with Gasteiger partial charge in [-0.15, -0.1) is 0 Å². The van der Waals surface area contributed by atoms with Gasteiger partial charge < -0.3 is 19.4 Å². The van der Waals surface area contributed by atoms with Gasteiger partial charge in [-0.25, -0.2) is 0 Å². The van der Waals surface area contributed by atoms with E-state index in [1.165, 1.54) is 0 Å². The molecule has 0 unspecified atom stereocenters. The first-order chi connectivity index (χ1) is 18.6. The molecule has 5 heteroatoms. The molecule has 0 aliphatic heterocycles. The number of carbonyl (C=O) groups excluding carboxylic acids is 1. The molecule has 38 heavy (non-hydrogen) atoms. The van der Waals surface area contributed by atoms with Crippen LogP contribution in [0.25, 0.3) is 16.9 Å². The van der Waals surface area contributed by atoms with E-state index in [1.54, 1.807) is 14.2 Å². The minimum absolute atomic E-state index is 0.155. The molecule has 190 valence electrons. The molecule has 1 aromatic heterocycles. The predicted octanol–water partition coefficient (Wildman–Crippen LogP) is 6.99. The molecular formula is C33H30N2O3. The second kappa shape index (κ2) is 11.1. The van der Waals surface area contributed by atoms with Gasteiger partial charge in [-0.05, 0) is 41.8 Å². The molecule has 0 aliphatic carbocycles. The third-order valence-corrected chi connectivity index (χ3v) is 6.73. The van der Waals surface area contributed by atoms with Gasteiger partial charge in [0.1, 0.15) is 11.5 Å². The number of nitrogens with zero attached hydrogens (tertiary/aromatic N) is 1. The lowest BCUT2D eigenvalue weighted by Crippen LogP contribution is -2.29. The van der Waals surface area contributed by atoms with E-state index >= 15 is 0 Å². The summed E-state index contributed by atoms with van der Waals surface area (Å²) in [4.78, 5) is 13.9. The molecule has 1 N–H and O–H groups in total. The van der Waals surface area contributed by atoms with E-state index in [0.717, 1.165) is 33.8 Å². The van der Waals surface area contributed by atoms with Crippen LogP contribution in [-0.4, -0.2) is 24.7 Å². The number of hydrogen-bond donors (Lipinski definition) is 1. The minimum atomic E-state index is -0.292. The van der Waals surface area contributed by atoms with E-state index in [1.807, 2.05) is 122 Å². The molecule has 4 aromatic carbocycles. The maximum absolute atomic E-state index is 13.9. The molecule has 0 bridgehead atoms. The number of nitrogens with one attached hydrogen (secondary N) is 1. The number of amides is 1. The van der Waals surface area contributed by atoms with E-state index in [0.29, 0.717) is 17.1 Å². The summed E-state index contributed by atoms with van der Waals surface area (Å²) in [7, 11) is 3.28. The summed E-state index contributed by atoms with van der Waals surface area (Å²) in [6, 6.07) is 37.4. The van der Waals surface area contributed by atoms with Crippen LogP contribution in [0.3, 0.4) is 0 Å². The van der Waals surface area contributed by atoms with Crippen LogP contribution in [0, 0.1) is 6.92 Å². The highest BCUT2D eigenvalue weighted by atomic mass is 16.5. The molecule has 0 atom stereocenters. The van der Waals surface area contributed by atoms with Gasteiger partial charge in [0.15, 0.2) is 0 Å². The summed E-state index contributed by atoms with van der Waals surface area (Å²) in [6.07, 6.45) is 0. The molecule has 0 saturated heterocycles. The topological polar surface area (TPSA) is 52.5 Å². The van der Waals surface area contributed by atoms with Gasteiger partial charge in [0, 0.05) is 11.8 Å². The third kappa shape index (κ3) is 4.91. The monoisotopic (exact) mass is 502 g/mol. The maximum atomic E-state index is 13.9. The second-order valence-corrected chi connectivity index (χ2v) is 9.00. The number of hydrogen-bond acceptors (Lipinski definition) is 3. The van der Waals surface area contributed by atoms with Crippen molar-refractivity contribution in [1.29, 1.82) is 0 Å². The van der Waals surface area contributed by atoms with Crippen molar-refractivity contribution >= 4 is 5.91 Å². The van der Waals surface area contributed by atoms with Crippen LogP contribution in [0.15, 0.2) is 115 Å². The highest BCUT2D eigenvalue weighted by molar-refractivity contribution is 5.98. The minimum Gasteiger partial charge on any atom is -0.497 e. The van der Waals surface area contributed by atoms with Crippen LogP contribution < -0.4 is 14.8 Å². The van der Waals surface area contributed by atoms with Gasteiger partial charge in [0.05, 0.1) is 37.2 Å². The SMILES string of the molecule is COc1ccc(OC)c(-n2c(-c3ccccc3)cc(C(=O)NC(c3ccccc3)c3ccccc3)c2C)c1. The fourth-order valence-electron chi connectivity index (χ4n) is 4.80. The number of benzene rings is 4. The predicted molar refractivity (Wildman–Crippen MR) is 151 cm³/mol. The Morgan fingerprint density at radius 3 is 1.87 bits per heavy atom. The second-order valence-electron chi connectivity index (χ2n) is 9.00. The fraction of sp³-hybridized carbons (Fsp3) is 0.121. The maximum Gasteiger partial charge on any atom is 0.253 e. The van der Waals surface area contributed by atoms with E-state index in [-0.39, 0.29) is 11.9 Å². The number of rotatable bonds is 8. The zero-order valence-corrected chi connectivity index (χ0v) is 21.7. The largest absolute Gasteiger partial charge is 0.497 e. The summed E-state index contributed by atoms with van der Waals surface area (Å²) < 4.78 is 13.3. The molecule has 0 spiro atoms. The fourth-order valence-corrected chi connectivity index (χ4v) is 4.80. The van der Waals surface area contributed by atoms with Crippen molar-refractivity contribution in [2.75, 3.05) is 14.2 Å². The molecule has 0 fully saturated rings. The van der Waals surface area contributed by atoms with Gasteiger partial charge >= 0.3 is 0 Å². The van der Waals surface area contributed by atoms with Crippen molar-refractivity contribution in [3.05, 3.63) is 138 Å². The first-order valence-electron chi connectivity index (χ1n) is 12.5. The normalized spacial score (nSPS) is 10.8. The van der Waals surface area contributed by atoms with Gasteiger partial charge in [-0.2, -0.15) is 0 Å². The summed E-state index contributed by atoms with van der Waals surface area (Å²) in [5.41, 5.74) is 6.09. The average Bonchev–Trinajstić information content (AvgIpc) is 3.33. The number of methoxy groups -OCH3 is 2. The smallest absolute Gasteiger partial charge is 0.253 e. The zero-order chi connectivity index (χ0) is 26.5. The van der Waals surface area contributed by atoms with Gasteiger partial charge in [-0.3, -0.25) is 4.79 Å². The summed E-state index contributed by atoms with van der Waals surface area (Å²) in [5, 5.41) is 3.29. The van der Waals surface area contributed by atoms with Crippen molar-refractivity contribution in [2.24, 2.45) is 0 Å². The first-order valence-corrected chi connectivity index (χ1v) is 12.5. The summed E-state index contributed by atoms with van der Waals surface area (Å²) in [6.45, 7) is 1.96.